The van der Waals surface area contributed by atoms with Crippen molar-refractivity contribution < 1.29 is 19.4 Å². The molecule has 0 fully saturated rings. The van der Waals surface area contributed by atoms with Gasteiger partial charge < -0.3 is 15.2 Å². The van der Waals surface area contributed by atoms with Crippen LogP contribution in [-0.4, -0.2) is 17.0 Å². The quantitative estimate of drug-likeness (QED) is 0.242. The first-order chi connectivity index (χ1) is 14.8. The largest absolute Gasteiger partial charge is 0.487 e. The highest BCUT2D eigenvalue weighted by Crippen LogP contribution is 2.31. The van der Waals surface area contributed by atoms with E-state index in [0.717, 1.165) is 12.7 Å². The Bertz CT molecular complexity index is 1130. The lowest BCUT2D eigenvalue weighted by Gasteiger charge is -2.13. The minimum Gasteiger partial charge on any atom is -0.487 e. The van der Waals surface area contributed by atoms with Gasteiger partial charge in [-0.15, -0.1) is 0 Å². The number of aliphatic carboxylic acids is 1. The third-order valence-corrected chi connectivity index (χ3v) is 6.15. The molecule has 5 nitrogen and oxygen atoms in total. The van der Waals surface area contributed by atoms with Crippen molar-refractivity contribution in [3.05, 3.63) is 101 Å². The summed E-state index contributed by atoms with van der Waals surface area (Å²) in [6.07, 6.45) is 1.42. The van der Waals surface area contributed by atoms with Gasteiger partial charge in [-0.3, -0.25) is 4.79 Å². The van der Waals surface area contributed by atoms with Crippen molar-refractivity contribution >= 4 is 74.7 Å². The van der Waals surface area contributed by atoms with E-state index < -0.39 is 11.9 Å². The minimum atomic E-state index is -1.23. The third kappa shape index (κ3) is 6.44. The molecule has 0 aliphatic rings. The van der Waals surface area contributed by atoms with Crippen LogP contribution in [0.5, 0.6) is 5.75 Å². The van der Waals surface area contributed by atoms with Gasteiger partial charge in [0, 0.05) is 16.1 Å². The van der Waals surface area contributed by atoms with Gasteiger partial charge in [0.1, 0.15) is 18.1 Å². The molecule has 31 heavy (non-hydrogen) atoms. The van der Waals surface area contributed by atoms with Gasteiger partial charge in [0.2, 0.25) is 0 Å². The Balaban J connectivity index is 1.81. The number of carbonyl (C=O) groups is 2. The molecular weight excluding hydrogens is 644 g/mol. The van der Waals surface area contributed by atoms with E-state index in [1.807, 2.05) is 18.2 Å². The average molecular weight is 660 g/mol. The fraction of sp³-hybridized carbons (Fsp3) is 0.0435. The second kappa shape index (κ2) is 11.0. The molecule has 0 spiro atoms. The Kier molecular flexibility index (Phi) is 8.33. The minimum absolute atomic E-state index is 0.217. The monoisotopic (exact) mass is 659 g/mol. The Morgan fingerprint density at radius 3 is 2.23 bits per heavy atom. The number of nitrogens with one attached hydrogen (secondary N) is 1. The van der Waals surface area contributed by atoms with Crippen LogP contribution in [0.15, 0.2) is 72.4 Å². The number of carbonyl (C=O) groups excluding carboxylic acids is 1. The lowest BCUT2D eigenvalue weighted by Crippen LogP contribution is -2.27. The van der Waals surface area contributed by atoms with Crippen molar-refractivity contribution in [2.24, 2.45) is 0 Å². The zero-order valence-electron chi connectivity index (χ0n) is 15.9. The number of hydrogen-bond donors (Lipinski definition) is 2. The van der Waals surface area contributed by atoms with E-state index in [1.165, 1.54) is 6.08 Å². The molecule has 0 unspecified atom stereocenters. The van der Waals surface area contributed by atoms with E-state index in [9.17, 15) is 14.7 Å². The van der Waals surface area contributed by atoms with E-state index >= 15 is 0 Å². The van der Waals surface area contributed by atoms with Gasteiger partial charge in [0.25, 0.3) is 5.91 Å². The number of carboxylic acids is 1. The van der Waals surface area contributed by atoms with Crippen LogP contribution in [0.3, 0.4) is 0 Å². The first-order valence-electron chi connectivity index (χ1n) is 9.02. The number of carboxylic acid groups (broad SMARTS) is 1. The van der Waals surface area contributed by atoms with E-state index in [0.29, 0.717) is 28.5 Å². The van der Waals surface area contributed by atoms with Gasteiger partial charge in [0.15, 0.2) is 0 Å². The van der Waals surface area contributed by atoms with Gasteiger partial charge in [-0.25, -0.2) is 4.79 Å². The van der Waals surface area contributed by atoms with E-state index in [-0.39, 0.29) is 5.70 Å². The SMILES string of the molecule is O=C(O)/C(=C\c1cc(I)c(OCc2ccccc2Cl)c(I)c1)NC(=O)c1ccccc1. The first kappa shape index (κ1) is 23.6. The van der Waals surface area contributed by atoms with E-state index in [4.69, 9.17) is 16.3 Å². The summed E-state index contributed by atoms with van der Waals surface area (Å²) in [5.41, 5.74) is 1.66. The maximum Gasteiger partial charge on any atom is 0.352 e. The van der Waals surface area contributed by atoms with Gasteiger partial charge in [-0.1, -0.05) is 48.0 Å². The molecule has 0 atom stereocenters. The van der Waals surface area contributed by atoms with Crippen molar-refractivity contribution in [2.75, 3.05) is 0 Å². The number of amides is 1. The van der Waals surface area contributed by atoms with E-state index in [2.05, 4.69) is 50.5 Å². The highest BCUT2D eigenvalue weighted by atomic mass is 127. The Morgan fingerprint density at radius 2 is 1.61 bits per heavy atom. The van der Waals surface area contributed by atoms with Crippen molar-refractivity contribution in [3.63, 3.8) is 0 Å². The lowest BCUT2D eigenvalue weighted by molar-refractivity contribution is -0.132. The zero-order chi connectivity index (χ0) is 22.4. The molecule has 0 heterocycles. The highest BCUT2D eigenvalue weighted by molar-refractivity contribution is 14.1. The Morgan fingerprint density at radius 1 is 1.00 bits per heavy atom. The first-order valence-corrected chi connectivity index (χ1v) is 11.6. The smallest absolute Gasteiger partial charge is 0.352 e. The Hall–Kier alpha value is -2.11. The number of halogens is 3. The second-order valence-corrected chi connectivity index (χ2v) is 9.11. The molecule has 8 heteroatoms. The van der Waals surface area contributed by atoms with Gasteiger partial charge in [-0.05, 0) is 87.2 Å². The van der Waals surface area contributed by atoms with Crippen LogP contribution in [0, 0.1) is 7.14 Å². The summed E-state index contributed by atoms with van der Waals surface area (Å²) in [6, 6.07) is 19.5. The van der Waals surface area contributed by atoms with Gasteiger partial charge in [0.05, 0.1) is 7.14 Å². The van der Waals surface area contributed by atoms with Crippen LogP contribution in [0.4, 0.5) is 0 Å². The predicted molar refractivity (Wildman–Crippen MR) is 137 cm³/mol. The van der Waals surface area contributed by atoms with Crippen LogP contribution in [0.1, 0.15) is 21.5 Å². The van der Waals surface area contributed by atoms with Crippen LogP contribution in [0.25, 0.3) is 6.08 Å². The molecule has 3 aromatic carbocycles. The summed E-state index contributed by atoms with van der Waals surface area (Å²) >= 11 is 10.5. The van der Waals surface area contributed by atoms with Crippen molar-refractivity contribution in [1.82, 2.24) is 5.32 Å². The summed E-state index contributed by atoms with van der Waals surface area (Å²) in [6.45, 7) is 0.314. The fourth-order valence-corrected chi connectivity index (χ4v) is 4.99. The van der Waals surface area contributed by atoms with Gasteiger partial charge in [-0.2, -0.15) is 0 Å². The molecule has 0 radical (unpaired) electrons. The summed E-state index contributed by atoms with van der Waals surface area (Å²) in [4.78, 5) is 24.0. The van der Waals surface area contributed by atoms with Crippen LogP contribution in [-0.2, 0) is 11.4 Å². The fourth-order valence-electron chi connectivity index (χ4n) is 2.67. The maximum atomic E-state index is 12.3. The number of ether oxygens (including phenoxy) is 1. The molecule has 3 aromatic rings. The van der Waals surface area contributed by atoms with Crippen LogP contribution < -0.4 is 10.1 Å². The summed E-state index contributed by atoms with van der Waals surface area (Å²) in [5.74, 6) is -1.03. The molecule has 3 rings (SSSR count). The van der Waals surface area contributed by atoms with Crippen molar-refractivity contribution in [2.45, 2.75) is 6.61 Å². The molecule has 0 saturated heterocycles. The summed E-state index contributed by atoms with van der Waals surface area (Å²) < 4.78 is 7.57. The molecule has 0 bridgehead atoms. The highest BCUT2D eigenvalue weighted by Gasteiger charge is 2.15. The molecule has 0 aromatic heterocycles. The third-order valence-electron chi connectivity index (χ3n) is 4.18. The number of rotatable bonds is 7. The molecule has 2 N–H and O–H groups in total. The maximum absolute atomic E-state index is 12.3. The average Bonchev–Trinajstić information content (AvgIpc) is 2.74. The topological polar surface area (TPSA) is 75.6 Å². The van der Waals surface area contributed by atoms with Crippen molar-refractivity contribution in [1.29, 1.82) is 0 Å². The summed E-state index contributed by atoms with van der Waals surface area (Å²) in [7, 11) is 0. The zero-order valence-corrected chi connectivity index (χ0v) is 21.0. The molecule has 1 amide bonds. The predicted octanol–water partition coefficient (Wildman–Crippen LogP) is 5.98. The molecule has 0 aliphatic carbocycles. The standard InChI is InChI=1S/C23H16ClI2NO4/c24-17-9-5-4-8-16(17)13-31-21-18(25)10-14(11-19(21)26)12-20(23(29)30)27-22(28)15-6-2-1-3-7-15/h1-12H,13H2,(H,27,28)(H,29,30)/b20-12+. The molecule has 158 valence electrons. The number of hydrogen-bond acceptors (Lipinski definition) is 3. The molecular formula is C23H16ClI2NO4. The van der Waals surface area contributed by atoms with Gasteiger partial charge >= 0.3 is 5.97 Å². The van der Waals surface area contributed by atoms with E-state index in [1.54, 1.807) is 48.5 Å². The molecule has 0 saturated carbocycles. The number of benzene rings is 3. The second-order valence-electron chi connectivity index (χ2n) is 6.38. The Labute approximate surface area is 211 Å². The van der Waals surface area contributed by atoms with Crippen molar-refractivity contribution in [3.8, 4) is 5.75 Å². The normalized spacial score (nSPS) is 11.1. The van der Waals surface area contributed by atoms with Crippen LogP contribution >= 0.6 is 56.8 Å². The summed E-state index contributed by atoms with van der Waals surface area (Å²) in [5, 5.41) is 12.6. The molecule has 0 aliphatic heterocycles. The lowest BCUT2D eigenvalue weighted by atomic mass is 10.1. The van der Waals surface area contributed by atoms with Crippen LogP contribution in [0.2, 0.25) is 5.02 Å².